The van der Waals surface area contributed by atoms with Gasteiger partial charge < -0.3 is 9.84 Å². The number of ether oxygens (including phenoxy) is 1. The Bertz CT molecular complexity index is 476. The first-order chi connectivity index (χ1) is 7.93. The second kappa shape index (κ2) is 5.25. The minimum atomic E-state index is -1.15. The molecule has 0 saturated heterocycles. The monoisotopic (exact) mass is 236 g/mol. The van der Waals surface area contributed by atoms with Crippen LogP contribution in [-0.4, -0.2) is 29.2 Å². The maximum absolute atomic E-state index is 11.5. The fourth-order valence-electron chi connectivity index (χ4n) is 1.45. The van der Waals surface area contributed by atoms with Crippen LogP contribution in [0, 0.1) is 0 Å². The van der Waals surface area contributed by atoms with E-state index in [1.165, 1.54) is 26.0 Å². The lowest BCUT2D eigenvalue weighted by Gasteiger charge is -2.10. The molecule has 0 amide bonds. The highest BCUT2D eigenvalue weighted by Crippen LogP contribution is 2.23. The Labute approximate surface area is 98.0 Å². The number of carbonyl (C=O) groups excluding carboxylic acids is 2. The van der Waals surface area contributed by atoms with Crippen LogP contribution < -0.4 is 4.74 Å². The van der Waals surface area contributed by atoms with E-state index in [1.54, 1.807) is 6.07 Å². The fourth-order valence-corrected chi connectivity index (χ4v) is 1.45. The Balaban J connectivity index is 3.20. The molecule has 1 rings (SSSR count). The van der Waals surface area contributed by atoms with Crippen molar-refractivity contribution in [3.8, 4) is 5.75 Å². The number of aliphatic carboxylic acids is 1. The maximum atomic E-state index is 11.5. The molecule has 0 spiro atoms. The molecule has 1 N–H and O–H groups in total. The molecule has 0 aliphatic heterocycles. The van der Waals surface area contributed by atoms with Gasteiger partial charge in [-0.25, -0.2) is 4.79 Å². The van der Waals surface area contributed by atoms with Crippen molar-refractivity contribution in [1.82, 2.24) is 0 Å². The Hall–Kier alpha value is -2.17. The third kappa shape index (κ3) is 3.14. The molecule has 90 valence electrons. The van der Waals surface area contributed by atoms with E-state index in [0.717, 1.165) is 0 Å². The predicted octanol–water partition coefficient (Wildman–Crippen LogP) is 1.56. The van der Waals surface area contributed by atoms with E-state index in [4.69, 9.17) is 9.84 Å². The van der Waals surface area contributed by atoms with Crippen LogP contribution in [0.5, 0.6) is 5.75 Å². The van der Waals surface area contributed by atoms with E-state index in [2.05, 4.69) is 0 Å². The number of rotatable bonds is 5. The zero-order valence-corrected chi connectivity index (χ0v) is 9.52. The lowest BCUT2D eigenvalue weighted by Crippen LogP contribution is -2.13. The number of benzene rings is 1. The van der Waals surface area contributed by atoms with E-state index >= 15 is 0 Å². The van der Waals surface area contributed by atoms with Gasteiger partial charge in [-0.1, -0.05) is 12.1 Å². The smallest absolute Gasteiger partial charge is 0.341 e. The summed E-state index contributed by atoms with van der Waals surface area (Å²) in [5.74, 6) is -1.63. The molecule has 0 fully saturated rings. The van der Waals surface area contributed by atoms with E-state index in [1.807, 2.05) is 0 Å². The standard InChI is InChI=1S/C12H12O5/c1-7(13)9-4-3-5-10(12(9)8(2)14)17-6-11(15)16/h3-5H,6H2,1-2H3,(H,15,16). The minimum absolute atomic E-state index is 0.118. The summed E-state index contributed by atoms with van der Waals surface area (Å²) in [6.45, 7) is 2.08. The van der Waals surface area contributed by atoms with Gasteiger partial charge in [0, 0.05) is 5.56 Å². The summed E-state index contributed by atoms with van der Waals surface area (Å²) in [7, 11) is 0. The SMILES string of the molecule is CC(=O)c1cccc(OCC(=O)O)c1C(C)=O. The first-order valence-corrected chi connectivity index (χ1v) is 4.93. The molecule has 5 heteroatoms. The van der Waals surface area contributed by atoms with Crippen molar-refractivity contribution in [2.24, 2.45) is 0 Å². The summed E-state index contributed by atoms with van der Waals surface area (Å²) in [5.41, 5.74) is 0.363. The van der Waals surface area contributed by atoms with Gasteiger partial charge in [0.15, 0.2) is 18.2 Å². The highest BCUT2D eigenvalue weighted by molar-refractivity contribution is 6.09. The molecule has 5 nitrogen and oxygen atoms in total. The fraction of sp³-hybridized carbons (Fsp3) is 0.250. The van der Waals surface area contributed by atoms with Crippen LogP contribution in [0.4, 0.5) is 0 Å². The third-order valence-corrected chi connectivity index (χ3v) is 2.11. The summed E-state index contributed by atoms with van der Waals surface area (Å²) in [6, 6.07) is 4.51. The van der Waals surface area contributed by atoms with Crippen LogP contribution in [0.25, 0.3) is 0 Å². The highest BCUT2D eigenvalue weighted by Gasteiger charge is 2.17. The van der Waals surface area contributed by atoms with Crippen molar-refractivity contribution in [3.05, 3.63) is 29.3 Å². The van der Waals surface area contributed by atoms with Gasteiger partial charge in [-0.05, 0) is 19.9 Å². The number of hydrogen-bond acceptors (Lipinski definition) is 4. The first kappa shape index (κ1) is 12.9. The molecule has 0 radical (unpaired) electrons. The van der Waals surface area contributed by atoms with Gasteiger partial charge in [-0.2, -0.15) is 0 Å². The Morgan fingerprint density at radius 1 is 1.18 bits per heavy atom. The van der Waals surface area contributed by atoms with E-state index < -0.39 is 12.6 Å². The Kier molecular flexibility index (Phi) is 3.98. The zero-order chi connectivity index (χ0) is 13.0. The lowest BCUT2D eigenvalue weighted by atomic mass is 10.0. The largest absolute Gasteiger partial charge is 0.481 e. The van der Waals surface area contributed by atoms with Crippen LogP contribution in [-0.2, 0) is 4.79 Å². The summed E-state index contributed by atoms with van der Waals surface area (Å²) in [6.07, 6.45) is 0. The molecule has 1 aromatic carbocycles. The molecule has 0 saturated carbocycles. The summed E-state index contributed by atoms with van der Waals surface area (Å²) >= 11 is 0. The quantitative estimate of drug-likeness (QED) is 0.784. The average molecular weight is 236 g/mol. The van der Waals surface area contributed by atoms with Crippen LogP contribution in [0.1, 0.15) is 34.6 Å². The van der Waals surface area contributed by atoms with Gasteiger partial charge in [-0.3, -0.25) is 9.59 Å². The van der Waals surface area contributed by atoms with Crippen LogP contribution in [0.15, 0.2) is 18.2 Å². The zero-order valence-electron chi connectivity index (χ0n) is 9.52. The number of Topliss-reactive ketones (excluding diaryl/α,β-unsaturated/α-hetero) is 2. The van der Waals surface area contributed by atoms with Gasteiger partial charge in [0.1, 0.15) is 5.75 Å². The lowest BCUT2D eigenvalue weighted by molar-refractivity contribution is -0.139. The van der Waals surface area contributed by atoms with Crippen molar-refractivity contribution >= 4 is 17.5 Å². The number of carbonyl (C=O) groups is 3. The molecule has 0 bridgehead atoms. The number of hydrogen-bond donors (Lipinski definition) is 1. The second-order valence-corrected chi connectivity index (χ2v) is 3.47. The highest BCUT2D eigenvalue weighted by atomic mass is 16.5. The van der Waals surface area contributed by atoms with Crippen molar-refractivity contribution in [3.63, 3.8) is 0 Å². The Morgan fingerprint density at radius 2 is 1.82 bits per heavy atom. The molecule has 0 aliphatic carbocycles. The number of carboxylic acid groups (broad SMARTS) is 1. The van der Waals surface area contributed by atoms with Crippen LogP contribution in [0.2, 0.25) is 0 Å². The van der Waals surface area contributed by atoms with E-state index in [0.29, 0.717) is 0 Å². The van der Waals surface area contributed by atoms with Gasteiger partial charge in [0.25, 0.3) is 0 Å². The van der Waals surface area contributed by atoms with Gasteiger partial charge >= 0.3 is 5.97 Å². The third-order valence-electron chi connectivity index (χ3n) is 2.11. The van der Waals surface area contributed by atoms with Crippen molar-refractivity contribution in [1.29, 1.82) is 0 Å². The molecular weight excluding hydrogens is 224 g/mol. The van der Waals surface area contributed by atoms with Crippen molar-refractivity contribution < 1.29 is 24.2 Å². The molecular formula is C12H12O5. The van der Waals surface area contributed by atoms with Crippen molar-refractivity contribution in [2.75, 3.05) is 6.61 Å². The van der Waals surface area contributed by atoms with Gasteiger partial charge in [0.05, 0.1) is 5.56 Å². The molecule has 1 aromatic rings. The summed E-state index contributed by atoms with van der Waals surface area (Å²) in [5, 5.41) is 8.51. The number of carboxylic acids is 1. The van der Waals surface area contributed by atoms with E-state index in [-0.39, 0.29) is 28.4 Å². The normalized spacial score (nSPS) is 9.76. The molecule has 0 aromatic heterocycles. The Morgan fingerprint density at radius 3 is 2.29 bits per heavy atom. The summed E-state index contributed by atoms with van der Waals surface area (Å²) < 4.78 is 4.98. The topological polar surface area (TPSA) is 80.7 Å². The molecule has 0 aliphatic rings. The van der Waals surface area contributed by atoms with E-state index in [9.17, 15) is 14.4 Å². The molecule has 0 heterocycles. The second-order valence-electron chi connectivity index (χ2n) is 3.47. The number of ketones is 2. The first-order valence-electron chi connectivity index (χ1n) is 4.93. The maximum Gasteiger partial charge on any atom is 0.341 e. The minimum Gasteiger partial charge on any atom is -0.481 e. The van der Waals surface area contributed by atoms with Gasteiger partial charge in [-0.15, -0.1) is 0 Å². The average Bonchev–Trinajstić information content (AvgIpc) is 2.25. The molecule has 0 unspecified atom stereocenters. The van der Waals surface area contributed by atoms with Crippen LogP contribution >= 0.6 is 0 Å². The van der Waals surface area contributed by atoms with Gasteiger partial charge in [0.2, 0.25) is 0 Å². The van der Waals surface area contributed by atoms with Crippen LogP contribution in [0.3, 0.4) is 0 Å². The summed E-state index contributed by atoms with van der Waals surface area (Å²) in [4.78, 5) is 33.2. The van der Waals surface area contributed by atoms with Crippen molar-refractivity contribution in [2.45, 2.75) is 13.8 Å². The predicted molar refractivity (Wildman–Crippen MR) is 59.6 cm³/mol. The molecule has 0 atom stereocenters. The molecule has 17 heavy (non-hydrogen) atoms.